The molecule has 1 N–H and O–H groups in total. The number of carbonyl (C=O) groups excluding carboxylic acids is 1. The van der Waals surface area contributed by atoms with Crippen LogP contribution in [-0.4, -0.2) is 30.4 Å². The van der Waals surface area contributed by atoms with Crippen LogP contribution in [0.25, 0.3) is 0 Å². The van der Waals surface area contributed by atoms with Crippen LogP contribution in [0.4, 0.5) is 15.9 Å². The van der Waals surface area contributed by atoms with Crippen molar-refractivity contribution in [1.29, 1.82) is 0 Å². The highest BCUT2D eigenvalue weighted by Crippen LogP contribution is 2.24. The van der Waals surface area contributed by atoms with Crippen LogP contribution in [0, 0.1) is 29.8 Å². The Morgan fingerprint density at radius 1 is 1.31 bits per heavy atom. The van der Waals surface area contributed by atoms with Crippen molar-refractivity contribution in [3.8, 4) is 0 Å². The lowest BCUT2D eigenvalue weighted by molar-refractivity contribution is -0.389. The van der Waals surface area contributed by atoms with E-state index in [1.165, 1.54) is 29.1 Å². The molecular formula is C18H18ClFN6O3. The number of nitrogens with one attached hydrogen (secondary N) is 1. The normalized spacial score (nSPS) is 10.9. The molecule has 1 aromatic carbocycles. The Morgan fingerprint density at radius 2 is 2.07 bits per heavy atom. The zero-order chi connectivity index (χ0) is 21.1. The van der Waals surface area contributed by atoms with Crippen molar-refractivity contribution in [2.75, 3.05) is 5.32 Å². The zero-order valence-corrected chi connectivity index (χ0v) is 16.5. The summed E-state index contributed by atoms with van der Waals surface area (Å²) in [6.45, 7) is 3.82. The van der Waals surface area contributed by atoms with E-state index in [0.717, 1.165) is 0 Å². The highest BCUT2D eigenvalue weighted by molar-refractivity contribution is 6.31. The van der Waals surface area contributed by atoms with Crippen LogP contribution in [0.15, 0.2) is 30.5 Å². The molecule has 0 radical (unpaired) electrons. The first kappa shape index (κ1) is 20.5. The van der Waals surface area contributed by atoms with Crippen LogP contribution < -0.4 is 5.32 Å². The minimum absolute atomic E-state index is 0.0715. The van der Waals surface area contributed by atoms with Gasteiger partial charge >= 0.3 is 5.82 Å². The smallest absolute Gasteiger partial charge is 0.358 e. The molecule has 0 aliphatic heterocycles. The van der Waals surface area contributed by atoms with Crippen LogP contribution in [0.2, 0.25) is 5.02 Å². The number of halogens is 2. The van der Waals surface area contributed by atoms with Gasteiger partial charge in [0.15, 0.2) is 0 Å². The molecular weight excluding hydrogens is 403 g/mol. The number of carbonyl (C=O) groups is 1. The number of benzene rings is 1. The second-order valence-corrected chi connectivity index (χ2v) is 6.80. The third-order valence-corrected chi connectivity index (χ3v) is 4.75. The number of aromatic nitrogens is 4. The lowest BCUT2D eigenvalue weighted by Gasteiger charge is -2.09. The van der Waals surface area contributed by atoms with Gasteiger partial charge in [0.25, 0.3) is 0 Å². The van der Waals surface area contributed by atoms with Crippen molar-refractivity contribution in [2.45, 2.75) is 33.4 Å². The molecule has 29 heavy (non-hydrogen) atoms. The summed E-state index contributed by atoms with van der Waals surface area (Å²) < 4.78 is 17.0. The molecule has 0 fully saturated rings. The molecule has 1 amide bonds. The van der Waals surface area contributed by atoms with Crippen LogP contribution in [0.1, 0.15) is 23.4 Å². The molecule has 2 aromatic heterocycles. The quantitative estimate of drug-likeness (QED) is 0.465. The van der Waals surface area contributed by atoms with E-state index in [1.807, 2.05) is 0 Å². The fourth-order valence-electron chi connectivity index (χ4n) is 2.86. The second-order valence-electron chi connectivity index (χ2n) is 6.40. The molecule has 11 heteroatoms. The van der Waals surface area contributed by atoms with Gasteiger partial charge in [-0.15, -0.1) is 0 Å². The fourth-order valence-corrected chi connectivity index (χ4v) is 3.08. The number of hydrogen-bond acceptors (Lipinski definition) is 5. The zero-order valence-electron chi connectivity index (χ0n) is 15.7. The van der Waals surface area contributed by atoms with Crippen molar-refractivity contribution in [2.24, 2.45) is 0 Å². The van der Waals surface area contributed by atoms with E-state index < -0.39 is 10.7 Å². The molecule has 152 valence electrons. The number of rotatable bonds is 7. The highest BCUT2D eigenvalue weighted by Gasteiger charge is 2.17. The topological polar surface area (TPSA) is 108 Å². The Morgan fingerprint density at radius 3 is 2.72 bits per heavy atom. The van der Waals surface area contributed by atoms with Gasteiger partial charge in [0, 0.05) is 17.0 Å². The average Bonchev–Trinajstić information content (AvgIpc) is 3.24. The predicted octanol–water partition coefficient (Wildman–Crippen LogP) is 3.47. The van der Waals surface area contributed by atoms with E-state index in [2.05, 4.69) is 15.5 Å². The first-order chi connectivity index (χ1) is 13.8. The summed E-state index contributed by atoms with van der Waals surface area (Å²) >= 11 is 6.08. The molecule has 3 rings (SSSR count). The third kappa shape index (κ3) is 4.60. The second kappa shape index (κ2) is 8.39. The number of nitrogens with zero attached hydrogens (tertiary/aromatic N) is 5. The molecule has 0 saturated carbocycles. The first-order valence-corrected chi connectivity index (χ1v) is 9.08. The lowest BCUT2D eigenvalue weighted by atomic mass is 10.2. The molecule has 0 aliphatic rings. The molecule has 3 aromatic rings. The van der Waals surface area contributed by atoms with Crippen LogP contribution in [-0.2, 0) is 17.9 Å². The summed E-state index contributed by atoms with van der Waals surface area (Å²) in [5.41, 5.74) is 2.09. The van der Waals surface area contributed by atoms with Crippen molar-refractivity contribution in [3.63, 3.8) is 0 Å². The molecule has 0 atom stereocenters. The van der Waals surface area contributed by atoms with Gasteiger partial charge in [-0.1, -0.05) is 17.7 Å². The SMILES string of the molecule is Cc1nn(Cc2c(F)cccc2Cl)c(C)c1NC(=O)CCn1ccc([N+](=O)[O-])n1. The number of nitro groups is 1. The summed E-state index contributed by atoms with van der Waals surface area (Å²) in [4.78, 5) is 22.4. The summed E-state index contributed by atoms with van der Waals surface area (Å²) in [5, 5.41) is 21.9. The molecule has 0 saturated heterocycles. The van der Waals surface area contributed by atoms with E-state index >= 15 is 0 Å². The fraction of sp³-hybridized carbons (Fsp3) is 0.278. The Labute approximate surface area is 170 Å². The Kier molecular flexibility index (Phi) is 5.92. The predicted molar refractivity (Wildman–Crippen MR) is 104 cm³/mol. The summed E-state index contributed by atoms with van der Waals surface area (Å²) in [7, 11) is 0. The number of anilines is 1. The van der Waals surface area contributed by atoms with Gasteiger partial charge in [-0.2, -0.15) is 9.78 Å². The van der Waals surface area contributed by atoms with Crippen molar-refractivity contribution >= 4 is 29.0 Å². The van der Waals surface area contributed by atoms with Crippen LogP contribution in [0.5, 0.6) is 0 Å². The summed E-state index contributed by atoms with van der Waals surface area (Å²) in [6, 6.07) is 5.73. The molecule has 9 nitrogen and oxygen atoms in total. The molecule has 0 spiro atoms. The van der Waals surface area contributed by atoms with Gasteiger partial charge in [0.2, 0.25) is 5.91 Å². The van der Waals surface area contributed by atoms with E-state index in [-0.39, 0.29) is 31.2 Å². The van der Waals surface area contributed by atoms with E-state index in [4.69, 9.17) is 11.6 Å². The molecule has 0 bridgehead atoms. The molecule has 0 unspecified atom stereocenters. The number of hydrogen-bond donors (Lipinski definition) is 1. The maximum atomic E-state index is 14.1. The van der Waals surface area contributed by atoms with Gasteiger partial charge in [0.1, 0.15) is 5.82 Å². The highest BCUT2D eigenvalue weighted by atomic mass is 35.5. The number of amides is 1. The standard InChI is InChI=1S/C18H18ClFN6O3/c1-11-18(21-17(27)7-9-24-8-6-16(23-24)26(28)29)12(2)25(22-11)10-13-14(19)4-3-5-15(13)20/h3-6,8H,7,9-10H2,1-2H3,(H,21,27). The maximum absolute atomic E-state index is 14.1. The molecule has 2 heterocycles. The minimum atomic E-state index is -0.598. The third-order valence-electron chi connectivity index (χ3n) is 4.40. The monoisotopic (exact) mass is 420 g/mol. The van der Waals surface area contributed by atoms with Gasteiger partial charge < -0.3 is 15.4 Å². The van der Waals surface area contributed by atoms with E-state index in [0.29, 0.717) is 27.7 Å². The maximum Gasteiger partial charge on any atom is 0.389 e. The Hall–Kier alpha value is -3.27. The van der Waals surface area contributed by atoms with Crippen molar-refractivity contribution in [1.82, 2.24) is 19.6 Å². The van der Waals surface area contributed by atoms with Crippen molar-refractivity contribution < 1.29 is 14.1 Å². The van der Waals surface area contributed by atoms with Gasteiger partial charge in [-0.05, 0) is 30.9 Å². The van der Waals surface area contributed by atoms with Crippen molar-refractivity contribution in [3.05, 3.63) is 68.4 Å². The Balaban J connectivity index is 1.68. The average molecular weight is 421 g/mol. The minimum Gasteiger partial charge on any atom is -0.358 e. The van der Waals surface area contributed by atoms with E-state index in [1.54, 1.807) is 24.6 Å². The first-order valence-electron chi connectivity index (χ1n) is 8.71. The largest absolute Gasteiger partial charge is 0.389 e. The summed E-state index contributed by atoms with van der Waals surface area (Å²) in [6.07, 6.45) is 1.51. The van der Waals surface area contributed by atoms with Gasteiger partial charge in [0.05, 0.1) is 47.5 Å². The molecule has 0 aliphatic carbocycles. The van der Waals surface area contributed by atoms with Crippen LogP contribution >= 0.6 is 11.6 Å². The Bertz CT molecular complexity index is 1060. The lowest BCUT2D eigenvalue weighted by Crippen LogP contribution is -2.16. The van der Waals surface area contributed by atoms with Gasteiger partial charge in [-0.3, -0.25) is 9.48 Å². The summed E-state index contributed by atoms with van der Waals surface area (Å²) in [5.74, 6) is -0.994. The van der Waals surface area contributed by atoms with E-state index in [9.17, 15) is 19.3 Å². The van der Waals surface area contributed by atoms with Gasteiger partial charge in [-0.25, -0.2) is 4.39 Å². The van der Waals surface area contributed by atoms with Crippen LogP contribution in [0.3, 0.4) is 0 Å². The number of aryl methyl sites for hydroxylation is 2.